The molecule has 2 aromatic rings. The van der Waals surface area contributed by atoms with Crippen molar-refractivity contribution in [2.75, 3.05) is 26.2 Å². The molecule has 0 radical (unpaired) electrons. The molecule has 6 nitrogen and oxygen atoms in total. The summed E-state index contributed by atoms with van der Waals surface area (Å²) in [4.78, 5) is 14.3. The van der Waals surface area contributed by atoms with Crippen LogP contribution in [0.4, 0.5) is 0 Å². The molecule has 0 bridgehead atoms. The van der Waals surface area contributed by atoms with E-state index >= 15 is 0 Å². The number of carbonyl (C=O) groups is 1. The van der Waals surface area contributed by atoms with Crippen molar-refractivity contribution in [3.05, 3.63) is 41.7 Å². The van der Waals surface area contributed by atoms with E-state index in [0.717, 1.165) is 43.9 Å². The molecule has 0 atom stereocenters. The Morgan fingerprint density at radius 2 is 2.19 bits per heavy atom. The highest BCUT2D eigenvalue weighted by Gasteiger charge is 2.20. The molecular weight excluding hydrogens is 266 g/mol. The Labute approximate surface area is 123 Å². The summed E-state index contributed by atoms with van der Waals surface area (Å²) >= 11 is 0. The van der Waals surface area contributed by atoms with Gasteiger partial charge in [-0.05, 0) is 37.6 Å². The predicted molar refractivity (Wildman–Crippen MR) is 79.5 cm³/mol. The number of rotatable bonds is 2. The quantitative estimate of drug-likeness (QED) is 0.894. The molecule has 1 N–H and O–H groups in total. The zero-order valence-electron chi connectivity index (χ0n) is 12.1. The van der Waals surface area contributed by atoms with Gasteiger partial charge in [0, 0.05) is 19.6 Å². The van der Waals surface area contributed by atoms with E-state index in [9.17, 15) is 4.79 Å². The van der Waals surface area contributed by atoms with E-state index < -0.39 is 0 Å². The van der Waals surface area contributed by atoms with Crippen LogP contribution in [0, 0.1) is 6.92 Å². The van der Waals surface area contributed by atoms with Gasteiger partial charge in [-0.3, -0.25) is 4.79 Å². The van der Waals surface area contributed by atoms with E-state index in [1.54, 1.807) is 10.9 Å². The maximum absolute atomic E-state index is 12.4. The number of hydrogen-bond donors (Lipinski definition) is 1. The van der Waals surface area contributed by atoms with Crippen LogP contribution >= 0.6 is 0 Å². The molecule has 1 aromatic heterocycles. The van der Waals surface area contributed by atoms with Crippen LogP contribution in [-0.4, -0.2) is 52.0 Å². The van der Waals surface area contributed by atoms with E-state index in [4.69, 9.17) is 0 Å². The molecule has 1 fully saturated rings. The second-order valence-electron chi connectivity index (χ2n) is 5.28. The Bertz CT molecular complexity index is 628. The van der Waals surface area contributed by atoms with Gasteiger partial charge in [-0.25, -0.2) is 4.68 Å². The number of hydrogen-bond acceptors (Lipinski definition) is 4. The van der Waals surface area contributed by atoms with Gasteiger partial charge >= 0.3 is 0 Å². The van der Waals surface area contributed by atoms with Gasteiger partial charge in [-0.2, -0.15) is 0 Å². The highest BCUT2D eigenvalue weighted by Crippen LogP contribution is 2.10. The fourth-order valence-electron chi connectivity index (χ4n) is 2.47. The van der Waals surface area contributed by atoms with Crippen LogP contribution in [0.1, 0.15) is 22.5 Å². The summed E-state index contributed by atoms with van der Waals surface area (Å²) in [5, 5.41) is 11.4. The van der Waals surface area contributed by atoms with Crippen LogP contribution in [0.15, 0.2) is 30.5 Å². The first-order valence-electron chi connectivity index (χ1n) is 7.23. The molecule has 0 aliphatic carbocycles. The Balaban J connectivity index is 1.79. The molecular formula is C15H19N5O. The number of benzene rings is 1. The van der Waals surface area contributed by atoms with Crippen LogP contribution < -0.4 is 5.32 Å². The number of aromatic nitrogens is 3. The lowest BCUT2D eigenvalue weighted by atomic mass is 10.2. The second-order valence-corrected chi connectivity index (χ2v) is 5.28. The Hall–Kier alpha value is -2.21. The van der Waals surface area contributed by atoms with Crippen molar-refractivity contribution in [1.29, 1.82) is 0 Å². The van der Waals surface area contributed by atoms with Crippen molar-refractivity contribution in [1.82, 2.24) is 25.2 Å². The summed E-state index contributed by atoms with van der Waals surface area (Å²) in [5.41, 5.74) is 2.46. The molecule has 1 aliphatic rings. The van der Waals surface area contributed by atoms with Crippen molar-refractivity contribution in [3.63, 3.8) is 0 Å². The van der Waals surface area contributed by atoms with Crippen LogP contribution in [0.2, 0.25) is 0 Å². The Kier molecular flexibility index (Phi) is 3.96. The lowest BCUT2D eigenvalue weighted by molar-refractivity contribution is 0.0760. The molecule has 1 aromatic carbocycles. The summed E-state index contributed by atoms with van der Waals surface area (Å²) in [5.74, 6) is -0.0439. The average molecular weight is 285 g/mol. The average Bonchev–Trinajstić information content (AvgIpc) is 2.82. The molecule has 1 saturated heterocycles. The highest BCUT2D eigenvalue weighted by molar-refractivity contribution is 5.92. The predicted octanol–water partition coefficient (Wildman–Crippen LogP) is 1.01. The van der Waals surface area contributed by atoms with Gasteiger partial charge in [0.2, 0.25) is 0 Å². The standard InChI is InChI=1S/C15H19N5O/c1-12-4-2-5-13(10-12)20-11-14(17-18-20)15(21)19-8-3-6-16-7-9-19/h2,4-5,10-11,16H,3,6-9H2,1H3. The van der Waals surface area contributed by atoms with E-state index in [-0.39, 0.29) is 5.91 Å². The molecule has 0 spiro atoms. The monoisotopic (exact) mass is 285 g/mol. The third-order valence-electron chi connectivity index (χ3n) is 3.61. The van der Waals surface area contributed by atoms with Crippen molar-refractivity contribution in [2.45, 2.75) is 13.3 Å². The zero-order chi connectivity index (χ0) is 14.7. The van der Waals surface area contributed by atoms with E-state index in [0.29, 0.717) is 5.69 Å². The summed E-state index contributed by atoms with van der Waals surface area (Å²) in [6, 6.07) is 7.95. The number of aryl methyl sites for hydroxylation is 1. The Morgan fingerprint density at radius 1 is 1.29 bits per heavy atom. The lowest BCUT2D eigenvalue weighted by Crippen LogP contribution is -2.34. The minimum Gasteiger partial charge on any atom is -0.336 e. The second kappa shape index (κ2) is 6.05. The van der Waals surface area contributed by atoms with Gasteiger partial charge in [0.25, 0.3) is 5.91 Å². The smallest absolute Gasteiger partial charge is 0.276 e. The molecule has 0 saturated carbocycles. The van der Waals surface area contributed by atoms with Gasteiger partial charge in [-0.15, -0.1) is 5.10 Å². The van der Waals surface area contributed by atoms with E-state index in [1.165, 1.54) is 0 Å². The minimum absolute atomic E-state index is 0.0439. The Morgan fingerprint density at radius 3 is 3.05 bits per heavy atom. The summed E-state index contributed by atoms with van der Waals surface area (Å²) in [7, 11) is 0. The minimum atomic E-state index is -0.0439. The maximum Gasteiger partial charge on any atom is 0.276 e. The summed E-state index contributed by atoms with van der Waals surface area (Å²) < 4.78 is 1.65. The number of amides is 1. The van der Waals surface area contributed by atoms with Crippen LogP contribution in [0.25, 0.3) is 5.69 Å². The van der Waals surface area contributed by atoms with E-state index in [2.05, 4.69) is 15.6 Å². The number of nitrogens with one attached hydrogen (secondary N) is 1. The normalized spacial score (nSPS) is 15.8. The largest absolute Gasteiger partial charge is 0.336 e. The summed E-state index contributed by atoms with van der Waals surface area (Å²) in [6.07, 6.45) is 2.67. The van der Waals surface area contributed by atoms with Gasteiger partial charge in [0.05, 0.1) is 11.9 Å². The maximum atomic E-state index is 12.4. The zero-order valence-corrected chi connectivity index (χ0v) is 12.1. The van der Waals surface area contributed by atoms with Gasteiger partial charge in [-0.1, -0.05) is 17.3 Å². The topological polar surface area (TPSA) is 63.1 Å². The van der Waals surface area contributed by atoms with Crippen LogP contribution in [-0.2, 0) is 0 Å². The van der Waals surface area contributed by atoms with Gasteiger partial charge < -0.3 is 10.2 Å². The van der Waals surface area contributed by atoms with Crippen molar-refractivity contribution in [2.24, 2.45) is 0 Å². The van der Waals surface area contributed by atoms with Crippen molar-refractivity contribution >= 4 is 5.91 Å². The molecule has 1 amide bonds. The first-order chi connectivity index (χ1) is 10.2. The lowest BCUT2D eigenvalue weighted by Gasteiger charge is -2.18. The fraction of sp³-hybridized carbons (Fsp3) is 0.400. The highest BCUT2D eigenvalue weighted by atomic mass is 16.2. The van der Waals surface area contributed by atoms with Gasteiger partial charge in [0.15, 0.2) is 5.69 Å². The third-order valence-corrected chi connectivity index (χ3v) is 3.61. The number of carbonyl (C=O) groups excluding carboxylic acids is 1. The molecule has 110 valence electrons. The first kappa shape index (κ1) is 13.8. The molecule has 1 aliphatic heterocycles. The molecule has 3 rings (SSSR count). The summed E-state index contributed by atoms with van der Waals surface area (Å²) in [6.45, 7) is 5.30. The molecule has 21 heavy (non-hydrogen) atoms. The fourth-order valence-corrected chi connectivity index (χ4v) is 2.47. The van der Waals surface area contributed by atoms with E-state index in [1.807, 2.05) is 36.1 Å². The van der Waals surface area contributed by atoms with Crippen molar-refractivity contribution < 1.29 is 4.79 Å². The van der Waals surface area contributed by atoms with Crippen LogP contribution in [0.3, 0.4) is 0 Å². The SMILES string of the molecule is Cc1cccc(-n2cc(C(=O)N3CCCNCC3)nn2)c1. The van der Waals surface area contributed by atoms with Gasteiger partial charge in [0.1, 0.15) is 0 Å². The van der Waals surface area contributed by atoms with Crippen LogP contribution in [0.5, 0.6) is 0 Å². The molecule has 0 unspecified atom stereocenters. The molecule has 6 heteroatoms. The first-order valence-corrected chi connectivity index (χ1v) is 7.23. The number of nitrogens with zero attached hydrogens (tertiary/aromatic N) is 4. The molecule has 2 heterocycles. The third kappa shape index (κ3) is 3.11. The van der Waals surface area contributed by atoms with Crippen molar-refractivity contribution in [3.8, 4) is 5.69 Å².